The molecule has 118 valence electrons. The van der Waals surface area contributed by atoms with Gasteiger partial charge in [0.15, 0.2) is 0 Å². The molecule has 0 bridgehead atoms. The standard InChI is InChI=1S/C18H18ClN3O/c19-15-6-2-1-5-14(15)18-13-21(11-12-23-18)22-10-9-20-16-7-3-4-8-17(16)22/h1-9,18H,10-13H2. The van der Waals surface area contributed by atoms with Crippen LogP contribution in [0.2, 0.25) is 5.02 Å². The van der Waals surface area contributed by atoms with Crippen LogP contribution in [0.4, 0.5) is 11.4 Å². The molecule has 2 aromatic carbocycles. The van der Waals surface area contributed by atoms with E-state index in [-0.39, 0.29) is 6.10 Å². The van der Waals surface area contributed by atoms with Gasteiger partial charge >= 0.3 is 0 Å². The Balaban J connectivity index is 1.59. The highest BCUT2D eigenvalue weighted by Gasteiger charge is 2.28. The van der Waals surface area contributed by atoms with Crippen LogP contribution >= 0.6 is 11.6 Å². The van der Waals surface area contributed by atoms with Crippen molar-refractivity contribution in [3.05, 3.63) is 59.1 Å². The highest BCUT2D eigenvalue weighted by Crippen LogP contribution is 2.34. The van der Waals surface area contributed by atoms with E-state index in [4.69, 9.17) is 16.3 Å². The molecular weight excluding hydrogens is 310 g/mol. The Bertz CT molecular complexity index is 734. The maximum atomic E-state index is 6.34. The van der Waals surface area contributed by atoms with Crippen LogP contribution in [-0.2, 0) is 4.74 Å². The van der Waals surface area contributed by atoms with Gasteiger partial charge in [-0.1, -0.05) is 41.9 Å². The summed E-state index contributed by atoms with van der Waals surface area (Å²) in [4.78, 5) is 4.48. The summed E-state index contributed by atoms with van der Waals surface area (Å²) in [7, 11) is 0. The van der Waals surface area contributed by atoms with E-state index >= 15 is 0 Å². The largest absolute Gasteiger partial charge is 0.371 e. The van der Waals surface area contributed by atoms with E-state index in [1.807, 2.05) is 42.6 Å². The maximum absolute atomic E-state index is 6.34. The minimum Gasteiger partial charge on any atom is -0.371 e. The summed E-state index contributed by atoms with van der Waals surface area (Å²) in [6, 6.07) is 16.2. The van der Waals surface area contributed by atoms with Gasteiger partial charge in [0.1, 0.15) is 0 Å². The lowest BCUT2D eigenvalue weighted by molar-refractivity contribution is -0.0331. The highest BCUT2D eigenvalue weighted by molar-refractivity contribution is 6.31. The van der Waals surface area contributed by atoms with E-state index in [9.17, 15) is 0 Å². The molecule has 1 fully saturated rings. The van der Waals surface area contributed by atoms with Crippen molar-refractivity contribution in [1.29, 1.82) is 0 Å². The Morgan fingerprint density at radius 3 is 2.83 bits per heavy atom. The topological polar surface area (TPSA) is 28.1 Å². The fourth-order valence-corrected chi connectivity index (χ4v) is 3.41. The van der Waals surface area contributed by atoms with Gasteiger partial charge in [-0.25, -0.2) is 5.01 Å². The van der Waals surface area contributed by atoms with Crippen molar-refractivity contribution >= 4 is 29.2 Å². The predicted octanol–water partition coefficient (Wildman–Crippen LogP) is 3.85. The van der Waals surface area contributed by atoms with Gasteiger partial charge in [0.25, 0.3) is 0 Å². The van der Waals surface area contributed by atoms with E-state index in [0.29, 0.717) is 6.61 Å². The molecule has 4 rings (SSSR count). The molecule has 0 N–H and O–H groups in total. The van der Waals surface area contributed by atoms with Crippen LogP contribution < -0.4 is 5.01 Å². The van der Waals surface area contributed by atoms with Crippen molar-refractivity contribution in [2.45, 2.75) is 6.10 Å². The van der Waals surface area contributed by atoms with Gasteiger partial charge in [0.05, 0.1) is 30.6 Å². The van der Waals surface area contributed by atoms with Crippen molar-refractivity contribution in [3.8, 4) is 0 Å². The van der Waals surface area contributed by atoms with Crippen molar-refractivity contribution in [1.82, 2.24) is 5.01 Å². The van der Waals surface area contributed by atoms with Crippen molar-refractivity contribution < 1.29 is 4.74 Å². The van der Waals surface area contributed by atoms with Gasteiger partial charge in [0.2, 0.25) is 0 Å². The number of hydrogen-bond donors (Lipinski definition) is 0. The smallest absolute Gasteiger partial charge is 0.0985 e. The molecule has 0 aliphatic carbocycles. The van der Waals surface area contributed by atoms with Crippen LogP contribution in [-0.4, -0.2) is 37.5 Å². The van der Waals surface area contributed by atoms with Gasteiger partial charge in [-0.05, 0) is 18.2 Å². The minimum atomic E-state index is -0.0107. The van der Waals surface area contributed by atoms with Crippen LogP contribution in [0, 0.1) is 0 Å². The number of hydrogen-bond acceptors (Lipinski definition) is 4. The first kappa shape index (κ1) is 14.7. The predicted molar refractivity (Wildman–Crippen MR) is 93.7 cm³/mol. The van der Waals surface area contributed by atoms with Crippen LogP contribution in [0.1, 0.15) is 11.7 Å². The molecule has 4 nitrogen and oxygen atoms in total. The van der Waals surface area contributed by atoms with Crippen LogP contribution in [0.3, 0.4) is 0 Å². The van der Waals surface area contributed by atoms with Gasteiger partial charge in [-0.15, -0.1) is 0 Å². The first-order valence-corrected chi connectivity index (χ1v) is 8.21. The van der Waals surface area contributed by atoms with Crippen molar-refractivity contribution in [3.63, 3.8) is 0 Å². The third kappa shape index (κ3) is 2.85. The number of nitrogens with zero attached hydrogens (tertiary/aromatic N) is 3. The number of rotatable bonds is 2. The normalized spacial score (nSPS) is 21.3. The van der Waals surface area contributed by atoms with E-state index < -0.39 is 0 Å². The van der Waals surface area contributed by atoms with E-state index in [1.54, 1.807) is 0 Å². The molecule has 2 aliphatic rings. The molecular formula is C18H18ClN3O. The zero-order chi connectivity index (χ0) is 15.6. The van der Waals surface area contributed by atoms with Crippen molar-refractivity contribution in [2.24, 2.45) is 4.99 Å². The number of ether oxygens (including phenoxy) is 1. The number of morpholine rings is 1. The number of para-hydroxylation sites is 2. The Hall–Kier alpha value is -1.88. The monoisotopic (exact) mass is 327 g/mol. The molecule has 1 unspecified atom stereocenters. The van der Waals surface area contributed by atoms with Gasteiger partial charge in [0, 0.05) is 29.9 Å². The van der Waals surface area contributed by atoms with E-state index in [0.717, 1.165) is 41.6 Å². The average Bonchev–Trinajstić information content (AvgIpc) is 2.62. The number of halogens is 1. The Morgan fingerprint density at radius 1 is 1.09 bits per heavy atom. The molecule has 0 spiro atoms. The summed E-state index contributed by atoms with van der Waals surface area (Å²) in [5.41, 5.74) is 3.21. The quantitative estimate of drug-likeness (QED) is 0.838. The zero-order valence-corrected chi connectivity index (χ0v) is 13.5. The third-order valence-electron chi connectivity index (χ3n) is 4.28. The number of fused-ring (bicyclic) bond motifs is 1. The Kier molecular flexibility index (Phi) is 4.04. The second-order valence-electron chi connectivity index (χ2n) is 5.68. The molecule has 23 heavy (non-hydrogen) atoms. The molecule has 0 amide bonds. The lowest BCUT2D eigenvalue weighted by Gasteiger charge is -2.42. The molecule has 0 saturated carbocycles. The zero-order valence-electron chi connectivity index (χ0n) is 12.7. The van der Waals surface area contributed by atoms with Crippen LogP contribution in [0.15, 0.2) is 53.5 Å². The average molecular weight is 328 g/mol. The summed E-state index contributed by atoms with van der Waals surface area (Å²) in [5, 5.41) is 5.39. The molecule has 2 heterocycles. The van der Waals surface area contributed by atoms with Gasteiger partial charge in [-0.2, -0.15) is 0 Å². The summed E-state index contributed by atoms with van der Waals surface area (Å²) in [6.45, 7) is 3.12. The molecule has 2 aromatic rings. The molecule has 1 atom stereocenters. The van der Waals surface area contributed by atoms with Gasteiger partial charge < -0.3 is 4.74 Å². The third-order valence-corrected chi connectivity index (χ3v) is 4.63. The molecule has 0 radical (unpaired) electrons. The molecule has 1 saturated heterocycles. The van der Waals surface area contributed by atoms with Crippen molar-refractivity contribution in [2.75, 3.05) is 31.3 Å². The number of aliphatic imine (C=N–C) groups is 1. The minimum absolute atomic E-state index is 0.0107. The van der Waals surface area contributed by atoms with Crippen LogP contribution in [0.25, 0.3) is 0 Å². The molecule has 2 aliphatic heterocycles. The fourth-order valence-electron chi connectivity index (χ4n) is 3.15. The summed E-state index contributed by atoms with van der Waals surface area (Å²) < 4.78 is 5.97. The maximum Gasteiger partial charge on any atom is 0.0985 e. The second kappa shape index (κ2) is 6.32. The number of anilines is 1. The van der Waals surface area contributed by atoms with E-state index in [2.05, 4.69) is 27.1 Å². The van der Waals surface area contributed by atoms with Gasteiger partial charge in [-0.3, -0.25) is 10.0 Å². The van der Waals surface area contributed by atoms with Crippen LogP contribution in [0.5, 0.6) is 0 Å². The summed E-state index contributed by atoms with van der Waals surface area (Å²) in [6.07, 6.45) is 1.95. The lowest BCUT2D eigenvalue weighted by atomic mass is 10.1. The molecule has 0 aromatic heterocycles. The molecule has 5 heteroatoms. The Morgan fingerprint density at radius 2 is 1.91 bits per heavy atom. The summed E-state index contributed by atoms with van der Waals surface area (Å²) >= 11 is 6.34. The number of hydrazine groups is 1. The number of benzene rings is 2. The highest BCUT2D eigenvalue weighted by atomic mass is 35.5. The first-order valence-electron chi connectivity index (χ1n) is 7.83. The fraction of sp³-hybridized carbons (Fsp3) is 0.278. The lowest BCUT2D eigenvalue weighted by Crippen LogP contribution is -2.51. The summed E-state index contributed by atoms with van der Waals surface area (Å²) in [5.74, 6) is 0. The Labute approximate surface area is 140 Å². The second-order valence-corrected chi connectivity index (χ2v) is 6.08. The van der Waals surface area contributed by atoms with E-state index in [1.165, 1.54) is 0 Å². The SMILES string of the molecule is Clc1ccccc1C1CN(N2CC=Nc3ccccc32)CCO1. The first-order chi connectivity index (χ1) is 11.3.